The summed E-state index contributed by atoms with van der Waals surface area (Å²) < 4.78 is 22.1. The van der Waals surface area contributed by atoms with Crippen LogP contribution in [0, 0.1) is 11.3 Å². The van der Waals surface area contributed by atoms with Gasteiger partial charge in [-0.3, -0.25) is 4.90 Å². The van der Waals surface area contributed by atoms with E-state index >= 15 is 0 Å². The monoisotopic (exact) mass is 701 g/mol. The number of nitriles is 1. The number of likely N-dealkylation sites (N-methyl/N-ethyl adjacent to an activating group) is 1. The lowest BCUT2D eigenvalue weighted by Gasteiger charge is -2.41. The van der Waals surface area contributed by atoms with Gasteiger partial charge in [0, 0.05) is 42.8 Å². The summed E-state index contributed by atoms with van der Waals surface area (Å²) in [5.74, 6) is 2.19. The summed E-state index contributed by atoms with van der Waals surface area (Å²) in [5, 5.41) is 28.7. The summed E-state index contributed by atoms with van der Waals surface area (Å²) in [6.07, 6.45) is 13.0. The van der Waals surface area contributed by atoms with Crippen LogP contribution in [0.3, 0.4) is 0 Å². The quantitative estimate of drug-likeness (QED) is 0.220. The number of fused-ring (bicyclic) bond motifs is 4. The van der Waals surface area contributed by atoms with Gasteiger partial charge >= 0.3 is 0 Å². The Balaban J connectivity index is 1.11. The second-order valence-electron chi connectivity index (χ2n) is 14.8. The number of hydrogen-bond donors (Lipinski definition) is 1. The third-order valence-corrected chi connectivity index (χ3v) is 11.7. The Labute approximate surface area is 301 Å². The Morgan fingerprint density at radius 3 is 2.71 bits per heavy atom. The van der Waals surface area contributed by atoms with Crippen LogP contribution < -0.4 is 10.5 Å². The van der Waals surface area contributed by atoms with Gasteiger partial charge in [0.2, 0.25) is 5.88 Å². The van der Waals surface area contributed by atoms with Crippen LogP contribution in [-0.4, -0.2) is 83.8 Å². The Morgan fingerprint density at radius 1 is 1.06 bits per heavy atom. The van der Waals surface area contributed by atoms with Crippen molar-refractivity contribution in [2.75, 3.05) is 32.5 Å². The highest BCUT2D eigenvalue weighted by atomic mass is 16.5. The first-order valence-electron chi connectivity index (χ1n) is 18.5. The smallest absolute Gasteiger partial charge is 0.219 e. The van der Waals surface area contributed by atoms with Crippen molar-refractivity contribution in [3.63, 3.8) is 0 Å². The molecule has 4 aliphatic rings. The first-order valence-corrected chi connectivity index (χ1v) is 18.5. The lowest BCUT2D eigenvalue weighted by atomic mass is 9.61. The summed E-state index contributed by atoms with van der Waals surface area (Å²) in [4.78, 5) is 12.3. The molecule has 0 radical (unpaired) electrons. The third-order valence-electron chi connectivity index (χ3n) is 11.7. The van der Waals surface area contributed by atoms with Crippen molar-refractivity contribution < 1.29 is 14.0 Å². The van der Waals surface area contributed by atoms with Crippen LogP contribution in [0.1, 0.15) is 92.3 Å². The van der Waals surface area contributed by atoms with Crippen molar-refractivity contribution in [1.82, 2.24) is 44.8 Å². The number of nitrogens with two attached hydrogens (primary N) is 1. The minimum atomic E-state index is -0.482. The van der Waals surface area contributed by atoms with Crippen molar-refractivity contribution in [3.8, 4) is 40.7 Å². The molecule has 0 amide bonds. The second-order valence-corrected chi connectivity index (χ2v) is 14.8. The van der Waals surface area contributed by atoms with Crippen LogP contribution >= 0.6 is 0 Å². The molecule has 9 rings (SSSR count). The van der Waals surface area contributed by atoms with Crippen LogP contribution in [0.5, 0.6) is 5.88 Å². The normalized spacial score (nSPS) is 22.6. The number of hydrogen-bond acceptors (Lipinski definition) is 12. The Morgan fingerprint density at radius 2 is 1.90 bits per heavy atom. The molecule has 14 heteroatoms. The third kappa shape index (κ3) is 5.54. The first kappa shape index (κ1) is 32.8. The van der Waals surface area contributed by atoms with Gasteiger partial charge in [0.1, 0.15) is 23.6 Å². The molecule has 14 nitrogen and oxygen atoms in total. The van der Waals surface area contributed by atoms with Crippen molar-refractivity contribution in [3.05, 3.63) is 64.7 Å². The lowest BCUT2D eigenvalue weighted by molar-refractivity contribution is 0.0657. The Bertz CT molecular complexity index is 2150. The molecule has 2 saturated heterocycles. The summed E-state index contributed by atoms with van der Waals surface area (Å²) in [6.45, 7) is 4.59. The molecule has 2 N–H and O–H groups in total. The average Bonchev–Trinajstić information content (AvgIpc) is 3.99. The summed E-state index contributed by atoms with van der Waals surface area (Å²) in [5.41, 5.74) is 12.0. The fraction of sp³-hybridized carbons (Fsp3) is 0.500. The fourth-order valence-electron chi connectivity index (χ4n) is 9.10. The van der Waals surface area contributed by atoms with E-state index in [-0.39, 0.29) is 18.2 Å². The van der Waals surface area contributed by atoms with Crippen LogP contribution in [0.25, 0.3) is 28.7 Å². The highest BCUT2D eigenvalue weighted by Crippen LogP contribution is 2.53. The van der Waals surface area contributed by atoms with E-state index in [9.17, 15) is 5.26 Å². The number of anilines is 1. The standard InChI is InChI=1S/C38H43N11O3/c1-23(31-8-5-16-47(31)2)51-33-20-32(48-17-11-29(44-48)30-22-49(46-43-30)25-12-18-50-19-13-25)41-37(42-33)35-26-7-4-15-38(36(26)52-45-35)14-3-6-24-9-10-28(40)27(21-39)34(24)38/h9-11,17,20,22-23,25,31H,3-8,12-16,18-19,40H2,1-2H3/t23-,31-,38+/m0/s1. The van der Waals surface area contributed by atoms with Gasteiger partial charge in [0.25, 0.3) is 0 Å². The van der Waals surface area contributed by atoms with Crippen molar-refractivity contribution in [1.29, 1.82) is 5.26 Å². The number of aromatic nitrogens is 8. The Kier molecular flexibility index (Phi) is 8.27. The number of benzene rings is 1. The van der Waals surface area contributed by atoms with Crippen molar-refractivity contribution in [2.45, 2.75) is 94.7 Å². The second kappa shape index (κ2) is 13.1. The first-order chi connectivity index (χ1) is 25.4. The number of ether oxygens (including phenoxy) is 2. The number of nitrogen functional groups attached to an aromatic ring is 1. The van der Waals surface area contributed by atoms with E-state index in [4.69, 9.17) is 34.8 Å². The highest BCUT2D eigenvalue weighted by Gasteiger charge is 2.48. The van der Waals surface area contributed by atoms with Gasteiger partial charge in [0.15, 0.2) is 23.1 Å². The Hall–Kier alpha value is -5.13. The van der Waals surface area contributed by atoms with Crippen molar-refractivity contribution >= 4 is 5.69 Å². The summed E-state index contributed by atoms with van der Waals surface area (Å²) >= 11 is 0. The molecule has 5 aromatic rings. The zero-order chi connectivity index (χ0) is 35.4. The van der Waals surface area contributed by atoms with E-state index in [2.05, 4.69) is 46.5 Å². The maximum absolute atomic E-state index is 10.3. The maximum Gasteiger partial charge on any atom is 0.219 e. The summed E-state index contributed by atoms with van der Waals surface area (Å²) in [7, 11) is 2.14. The maximum atomic E-state index is 10.3. The molecule has 1 aromatic carbocycles. The van der Waals surface area contributed by atoms with E-state index in [0.717, 1.165) is 106 Å². The molecular formula is C38H43N11O3. The molecule has 2 aliphatic heterocycles. The van der Waals surface area contributed by atoms with Gasteiger partial charge in [0.05, 0.1) is 23.2 Å². The van der Waals surface area contributed by atoms with Gasteiger partial charge in [-0.05, 0) is 108 Å². The molecular weight excluding hydrogens is 658 g/mol. The van der Waals surface area contributed by atoms with Gasteiger partial charge in [-0.15, -0.1) is 5.10 Å². The van der Waals surface area contributed by atoms with Crippen LogP contribution in [0.2, 0.25) is 0 Å². The van der Waals surface area contributed by atoms with E-state index in [1.54, 1.807) is 4.68 Å². The molecule has 4 aromatic heterocycles. The molecule has 0 saturated carbocycles. The van der Waals surface area contributed by atoms with Crippen LogP contribution in [-0.2, 0) is 23.0 Å². The average molecular weight is 702 g/mol. The number of nitrogens with zero attached hydrogens (tertiary/aromatic N) is 10. The van der Waals surface area contributed by atoms with Gasteiger partial charge in [-0.2, -0.15) is 15.3 Å². The van der Waals surface area contributed by atoms with E-state index in [0.29, 0.717) is 45.9 Å². The topological polar surface area (TPSA) is 172 Å². The predicted octanol–water partition coefficient (Wildman–Crippen LogP) is 5.20. The molecule has 52 heavy (non-hydrogen) atoms. The zero-order valence-electron chi connectivity index (χ0n) is 29.7. The molecule has 2 aliphatic carbocycles. The van der Waals surface area contributed by atoms with Crippen LogP contribution in [0.4, 0.5) is 5.69 Å². The molecule has 2 fully saturated rings. The van der Waals surface area contributed by atoms with E-state index in [1.807, 2.05) is 35.3 Å². The largest absolute Gasteiger partial charge is 0.473 e. The van der Waals surface area contributed by atoms with E-state index < -0.39 is 5.41 Å². The van der Waals surface area contributed by atoms with Gasteiger partial charge in [-0.25, -0.2) is 14.3 Å². The minimum Gasteiger partial charge on any atom is -0.473 e. The number of likely N-dealkylation sites (tertiary alicyclic amines) is 1. The molecule has 0 unspecified atom stereocenters. The van der Waals surface area contributed by atoms with Gasteiger partial charge < -0.3 is 19.7 Å². The summed E-state index contributed by atoms with van der Waals surface area (Å²) in [6, 6.07) is 10.6. The molecule has 1 spiro atoms. The minimum absolute atomic E-state index is 0.0976. The molecule has 6 heterocycles. The zero-order valence-corrected chi connectivity index (χ0v) is 29.7. The molecule has 0 bridgehead atoms. The van der Waals surface area contributed by atoms with Gasteiger partial charge in [-0.1, -0.05) is 16.4 Å². The lowest BCUT2D eigenvalue weighted by Crippen LogP contribution is -2.38. The number of rotatable bonds is 7. The molecule has 3 atom stereocenters. The van der Waals surface area contributed by atoms with Crippen LogP contribution in [0.15, 0.2) is 41.2 Å². The predicted molar refractivity (Wildman–Crippen MR) is 191 cm³/mol. The fourth-order valence-corrected chi connectivity index (χ4v) is 9.10. The van der Waals surface area contributed by atoms with Crippen molar-refractivity contribution in [2.24, 2.45) is 0 Å². The SMILES string of the molecule is C[C@H](Oc1cc(-n2ccc(-c3cn(C4CCOCC4)nn3)n2)nc(-c2noc3c2CCC[C@@]32CCCc3ccc(N)c(C#N)c32)n1)[C@@H]1CCCN1C. The van der Waals surface area contributed by atoms with E-state index in [1.165, 1.54) is 0 Å². The molecule has 268 valence electrons. The number of aryl methyl sites for hydroxylation is 1. The highest BCUT2D eigenvalue weighted by molar-refractivity contribution is 5.67.